The van der Waals surface area contributed by atoms with E-state index in [0.29, 0.717) is 12.5 Å². The van der Waals surface area contributed by atoms with Gasteiger partial charge in [-0.05, 0) is 43.5 Å². The summed E-state index contributed by atoms with van der Waals surface area (Å²) in [5.41, 5.74) is 0.996. The van der Waals surface area contributed by atoms with Gasteiger partial charge in [0.2, 0.25) is 5.91 Å². The number of nitrogens with zero attached hydrogens (tertiary/aromatic N) is 4. The predicted molar refractivity (Wildman–Crippen MR) is 128 cm³/mol. The van der Waals surface area contributed by atoms with Gasteiger partial charge in [-0.15, -0.1) is 11.8 Å². The Balaban J connectivity index is 1.47. The van der Waals surface area contributed by atoms with Gasteiger partial charge in [-0.1, -0.05) is 24.3 Å². The number of nitrogens with one attached hydrogen (secondary N) is 1. The van der Waals surface area contributed by atoms with E-state index in [1.807, 2.05) is 37.0 Å². The van der Waals surface area contributed by atoms with Gasteiger partial charge < -0.3 is 15.1 Å². The Morgan fingerprint density at radius 2 is 2.06 bits per heavy atom. The maximum atomic E-state index is 12.6. The fourth-order valence-corrected chi connectivity index (χ4v) is 4.58. The molecule has 1 unspecified atom stereocenters. The van der Waals surface area contributed by atoms with Crippen LogP contribution >= 0.6 is 11.8 Å². The third-order valence-corrected chi connectivity index (χ3v) is 6.61. The standard InChI is InChI=1S/C24H33N5OS/c1-3-25-24(27-17-23(30)28(2)15-13-21-9-7-8-14-26-21)29-16-12-20(18-29)19-31-22-10-5-4-6-11-22/h4-11,14,20H,3,12-13,15-19H2,1-2H3,(H,25,27). The molecule has 1 N–H and O–H groups in total. The molecule has 1 atom stereocenters. The minimum absolute atomic E-state index is 0.0294. The fraction of sp³-hybridized carbons (Fsp3) is 0.458. The van der Waals surface area contributed by atoms with Crippen molar-refractivity contribution in [2.45, 2.75) is 24.7 Å². The molecule has 1 aliphatic heterocycles. The van der Waals surface area contributed by atoms with Crippen LogP contribution in [0.15, 0.2) is 64.6 Å². The van der Waals surface area contributed by atoms with Crippen molar-refractivity contribution < 1.29 is 4.79 Å². The largest absolute Gasteiger partial charge is 0.357 e. The van der Waals surface area contributed by atoms with Crippen molar-refractivity contribution in [3.8, 4) is 0 Å². The molecule has 7 heteroatoms. The molecule has 2 aromatic rings. The van der Waals surface area contributed by atoms with Crippen LogP contribution in [0, 0.1) is 5.92 Å². The number of hydrogen-bond donors (Lipinski definition) is 1. The van der Waals surface area contributed by atoms with Crippen LogP contribution in [0.3, 0.4) is 0 Å². The summed E-state index contributed by atoms with van der Waals surface area (Å²) in [6, 6.07) is 16.4. The number of hydrogen-bond acceptors (Lipinski definition) is 4. The number of pyridine rings is 1. The Labute approximate surface area is 190 Å². The molecule has 3 rings (SSSR count). The molecule has 31 heavy (non-hydrogen) atoms. The van der Waals surface area contributed by atoms with Gasteiger partial charge in [0, 0.05) is 62.2 Å². The van der Waals surface area contributed by atoms with Crippen molar-refractivity contribution in [2.24, 2.45) is 10.9 Å². The van der Waals surface area contributed by atoms with Crippen LogP contribution in [-0.4, -0.2) is 72.2 Å². The van der Waals surface area contributed by atoms with E-state index in [4.69, 9.17) is 0 Å². The highest BCUT2D eigenvalue weighted by Crippen LogP contribution is 2.25. The third kappa shape index (κ3) is 7.58. The quantitative estimate of drug-likeness (QED) is 0.369. The van der Waals surface area contributed by atoms with E-state index in [0.717, 1.165) is 49.9 Å². The SMILES string of the molecule is CCNC(=NCC(=O)N(C)CCc1ccccn1)N1CCC(CSc2ccccc2)C1. The minimum Gasteiger partial charge on any atom is -0.357 e. The van der Waals surface area contributed by atoms with E-state index in [2.05, 4.69) is 57.4 Å². The average Bonchev–Trinajstić information content (AvgIpc) is 3.29. The Morgan fingerprint density at radius 1 is 1.26 bits per heavy atom. The molecular formula is C24H33N5OS. The number of carbonyl (C=O) groups excluding carboxylic acids is 1. The van der Waals surface area contributed by atoms with Gasteiger partial charge in [0.1, 0.15) is 6.54 Å². The Hall–Kier alpha value is -2.54. The van der Waals surface area contributed by atoms with Crippen molar-refractivity contribution in [1.29, 1.82) is 0 Å². The molecule has 1 aromatic carbocycles. The smallest absolute Gasteiger partial charge is 0.244 e. The first-order valence-electron chi connectivity index (χ1n) is 11.0. The van der Waals surface area contributed by atoms with Crippen LogP contribution in [0.5, 0.6) is 0 Å². The number of thioether (sulfide) groups is 1. The molecular weight excluding hydrogens is 406 g/mol. The van der Waals surface area contributed by atoms with Crippen LogP contribution in [0.2, 0.25) is 0 Å². The molecule has 166 valence electrons. The van der Waals surface area contributed by atoms with E-state index in [9.17, 15) is 4.79 Å². The highest BCUT2D eigenvalue weighted by molar-refractivity contribution is 7.99. The molecule has 6 nitrogen and oxygen atoms in total. The molecule has 1 amide bonds. The number of amides is 1. The van der Waals surface area contributed by atoms with Gasteiger partial charge in [-0.25, -0.2) is 4.99 Å². The van der Waals surface area contributed by atoms with E-state index >= 15 is 0 Å². The molecule has 1 fully saturated rings. The Bertz CT molecular complexity index is 830. The van der Waals surface area contributed by atoms with Gasteiger partial charge >= 0.3 is 0 Å². The number of guanidine groups is 1. The summed E-state index contributed by atoms with van der Waals surface area (Å²) in [6.07, 6.45) is 3.69. The first-order chi connectivity index (χ1) is 15.2. The normalized spacial score (nSPS) is 16.4. The van der Waals surface area contributed by atoms with Crippen LogP contribution in [0.1, 0.15) is 19.0 Å². The number of aliphatic imine (C=N–C) groups is 1. The zero-order valence-corrected chi connectivity index (χ0v) is 19.4. The molecule has 0 spiro atoms. The fourth-order valence-electron chi connectivity index (χ4n) is 3.53. The lowest BCUT2D eigenvalue weighted by Gasteiger charge is -2.22. The molecule has 0 bridgehead atoms. The lowest BCUT2D eigenvalue weighted by atomic mass is 10.2. The highest BCUT2D eigenvalue weighted by atomic mass is 32.2. The molecule has 1 aromatic heterocycles. The van der Waals surface area contributed by atoms with E-state index in [1.54, 1.807) is 11.1 Å². The Morgan fingerprint density at radius 3 is 2.81 bits per heavy atom. The van der Waals surface area contributed by atoms with Crippen LogP contribution in [0.25, 0.3) is 0 Å². The van der Waals surface area contributed by atoms with Crippen molar-refractivity contribution in [1.82, 2.24) is 20.1 Å². The van der Waals surface area contributed by atoms with E-state index in [1.165, 1.54) is 4.90 Å². The molecule has 0 radical (unpaired) electrons. The van der Waals surface area contributed by atoms with E-state index < -0.39 is 0 Å². The maximum Gasteiger partial charge on any atom is 0.244 e. The van der Waals surface area contributed by atoms with Gasteiger partial charge in [0.25, 0.3) is 0 Å². The van der Waals surface area contributed by atoms with E-state index in [-0.39, 0.29) is 12.5 Å². The topological polar surface area (TPSA) is 60.8 Å². The average molecular weight is 440 g/mol. The second-order valence-electron chi connectivity index (χ2n) is 7.78. The molecule has 1 aliphatic rings. The summed E-state index contributed by atoms with van der Waals surface area (Å²) in [7, 11) is 1.83. The summed E-state index contributed by atoms with van der Waals surface area (Å²) in [6.45, 7) is 5.63. The van der Waals surface area contributed by atoms with Gasteiger partial charge in [-0.2, -0.15) is 0 Å². The first kappa shape index (κ1) is 23.1. The summed E-state index contributed by atoms with van der Waals surface area (Å²) in [5, 5.41) is 3.36. The van der Waals surface area contributed by atoms with Crippen molar-refractivity contribution in [2.75, 3.05) is 45.5 Å². The third-order valence-electron chi connectivity index (χ3n) is 5.37. The number of likely N-dealkylation sites (tertiary alicyclic amines) is 1. The molecule has 0 aliphatic carbocycles. The molecule has 2 heterocycles. The number of carbonyl (C=O) groups is 1. The monoisotopic (exact) mass is 439 g/mol. The number of rotatable bonds is 9. The zero-order valence-electron chi connectivity index (χ0n) is 18.5. The number of benzene rings is 1. The van der Waals surface area contributed by atoms with Crippen LogP contribution < -0.4 is 5.32 Å². The summed E-state index contributed by atoms with van der Waals surface area (Å²) >= 11 is 1.92. The minimum atomic E-state index is 0.0294. The summed E-state index contributed by atoms with van der Waals surface area (Å²) < 4.78 is 0. The second kappa shape index (κ2) is 12.3. The lowest BCUT2D eigenvalue weighted by molar-refractivity contribution is -0.128. The second-order valence-corrected chi connectivity index (χ2v) is 8.87. The van der Waals surface area contributed by atoms with Gasteiger partial charge in [-0.3, -0.25) is 9.78 Å². The van der Waals surface area contributed by atoms with Gasteiger partial charge in [0.05, 0.1) is 0 Å². The van der Waals surface area contributed by atoms with Crippen LogP contribution in [0.4, 0.5) is 0 Å². The molecule has 1 saturated heterocycles. The van der Waals surface area contributed by atoms with Gasteiger partial charge in [0.15, 0.2) is 5.96 Å². The number of likely N-dealkylation sites (N-methyl/N-ethyl adjacent to an activating group) is 1. The maximum absolute atomic E-state index is 12.6. The highest BCUT2D eigenvalue weighted by Gasteiger charge is 2.25. The summed E-state index contributed by atoms with van der Waals surface area (Å²) in [4.78, 5) is 26.9. The van der Waals surface area contributed by atoms with Crippen molar-refractivity contribution in [3.63, 3.8) is 0 Å². The van der Waals surface area contributed by atoms with Crippen molar-refractivity contribution >= 4 is 23.6 Å². The number of aromatic nitrogens is 1. The van der Waals surface area contributed by atoms with Crippen molar-refractivity contribution in [3.05, 3.63) is 60.4 Å². The molecule has 0 saturated carbocycles. The lowest BCUT2D eigenvalue weighted by Crippen LogP contribution is -2.41. The zero-order chi connectivity index (χ0) is 21.9. The van der Waals surface area contributed by atoms with Crippen LogP contribution in [-0.2, 0) is 11.2 Å². The predicted octanol–water partition coefficient (Wildman–Crippen LogP) is 3.16. The summed E-state index contributed by atoms with van der Waals surface area (Å²) in [5.74, 6) is 2.61. The Kier molecular flexibility index (Phi) is 9.21. The first-order valence-corrected chi connectivity index (χ1v) is 12.0.